The zero-order chi connectivity index (χ0) is 37.3. The van der Waals surface area contributed by atoms with E-state index in [9.17, 15) is 0 Å². The number of fused-ring (bicyclic) bond motifs is 3. The van der Waals surface area contributed by atoms with Crippen LogP contribution in [0.2, 0.25) is 0 Å². The fraction of sp³-hybridized carbons (Fsp3) is 0. The standard InChI is InChI=1S/C54H39NSi/c1-5-16-40(17-6-1)41-28-30-42(31-29-41)43-32-36-46(37-33-43)55(45-18-7-2-8-19-45)47-38-34-44(35-39-47)50-25-15-26-52-51-24-13-14-27-53(51)56(54(50)52,48-20-9-3-10-21-48)49-22-11-4-12-23-49/h1-39H. The highest BCUT2D eigenvalue weighted by molar-refractivity contribution is 7.22. The zero-order valence-corrected chi connectivity index (χ0v) is 32.0. The van der Waals surface area contributed by atoms with Gasteiger partial charge in [-0.05, 0) is 102 Å². The van der Waals surface area contributed by atoms with E-state index in [0.29, 0.717) is 0 Å². The van der Waals surface area contributed by atoms with E-state index in [2.05, 4.69) is 241 Å². The van der Waals surface area contributed by atoms with E-state index in [1.807, 2.05) is 0 Å². The predicted octanol–water partition coefficient (Wildman–Crippen LogP) is 11.5. The third kappa shape index (κ3) is 5.71. The van der Waals surface area contributed by atoms with Gasteiger partial charge in [0.2, 0.25) is 0 Å². The molecule has 264 valence electrons. The van der Waals surface area contributed by atoms with Crippen molar-refractivity contribution < 1.29 is 0 Å². The van der Waals surface area contributed by atoms with Gasteiger partial charge in [-0.1, -0.05) is 200 Å². The van der Waals surface area contributed by atoms with Gasteiger partial charge < -0.3 is 4.90 Å². The van der Waals surface area contributed by atoms with Crippen LogP contribution in [0.5, 0.6) is 0 Å². The first-order chi connectivity index (χ1) is 27.8. The predicted molar refractivity (Wildman–Crippen MR) is 240 cm³/mol. The van der Waals surface area contributed by atoms with Gasteiger partial charge in [0.15, 0.2) is 8.07 Å². The van der Waals surface area contributed by atoms with Crippen molar-refractivity contribution in [1.82, 2.24) is 0 Å². The Labute approximate surface area is 330 Å². The third-order valence-corrected chi connectivity index (χ3v) is 16.3. The largest absolute Gasteiger partial charge is 0.311 e. The molecule has 56 heavy (non-hydrogen) atoms. The highest BCUT2D eigenvalue weighted by atomic mass is 28.3. The summed E-state index contributed by atoms with van der Waals surface area (Å²) in [5.41, 5.74) is 13.4. The maximum atomic E-state index is 2.39. The highest BCUT2D eigenvalue weighted by Crippen LogP contribution is 2.38. The lowest BCUT2D eigenvalue weighted by atomic mass is 9.98. The summed E-state index contributed by atoms with van der Waals surface area (Å²) in [4.78, 5) is 2.35. The summed E-state index contributed by atoms with van der Waals surface area (Å²) < 4.78 is 0. The van der Waals surface area contributed by atoms with Crippen molar-refractivity contribution in [1.29, 1.82) is 0 Å². The van der Waals surface area contributed by atoms with Crippen molar-refractivity contribution in [2.24, 2.45) is 0 Å². The highest BCUT2D eigenvalue weighted by Gasteiger charge is 2.49. The van der Waals surface area contributed by atoms with Crippen LogP contribution in [-0.4, -0.2) is 8.07 Å². The third-order valence-electron chi connectivity index (χ3n) is 11.4. The molecule has 1 aliphatic rings. The van der Waals surface area contributed by atoms with Crippen molar-refractivity contribution in [3.8, 4) is 44.5 Å². The number of hydrogen-bond acceptors (Lipinski definition) is 1. The molecule has 0 bridgehead atoms. The molecule has 0 aromatic heterocycles. The van der Waals surface area contributed by atoms with Crippen molar-refractivity contribution in [2.75, 3.05) is 4.90 Å². The van der Waals surface area contributed by atoms with Crippen molar-refractivity contribution in [3.63, 3.8) is 0 Å². The minimum Gasteiger partial charge on any atom is -0.311 e. The normalized spacial score (nSPS) is 12.4. The lowest BCUT2D eigenvalue weighted by molar-refractivity contribution is 1.28. The molecule has 0 amide bonds. The van der Waals surface area contributed by atoms with E-state index in [1.54, 1.807) is 0 Å². The van der Waals surface area contributed by atoms with Gasteiger partial charge in [0, 0.05) is 17.1 Å². The van der Waals surface area contributed by atoms with Crippen LogP contribution in [0.4, 0.5) is 17.1 Å². The van der Waals surface area contributed by atoms with Gasteiger partial charge in [-0.3, -0.25) is 0 Å². The fourth-order valence-corrected chi connectivity index (χ4v) is 14.3. The molecule has 9 aromatic rings. The quantitative estimate of drug-likeness (QED) is 0.141. The molecule has 9 aromatic carbocycles. The van der Waals surface area contributed by atoms with Gasteiger partial charge >= 0.3 is 0 Å². The minimum absolute atomic E-state index is 1.12. The first-order valence-electron chi connectivity index (χ1n) is 19.3. The number of para-hydroxylation sites is 1. The molecule has 1 heterocycles. The Bertz CT molecular complexity index is 2700. The summed E-state index contributed by atoms with van der Waals surface area (Å²) in [7, 11) is -2.66. The van der Waals surface area contributed by atoms with Crippen molar-refractivity contribution in [2.45, 2.75) is 0 Å². The van der Waals surface area contributed by atoms with Gasteiger partial charge in [-0.25, -0.2) is 0 Å². The molecule has 0 saturated heterocycles. The smallest absolute Gasteiger partial charge is 0.181 e. The van der Waals surface area contributed by atoms with E-state index >= 15 is 0 Å². The minimum atomic E-state index is -2.66. The summed E-state index contributed by atoms with van der Waals surface area (Å²) in [6.45, 7) is 0. The maximum absolute atomic E-state index is 2.66. The van der Waals surface area contributed by atoms with Crippen LogP contribution in [-0.2, 0) is 0 Å². The molecule has 0 unspecified atom stereocenters. The van der Waals surface area contributed by atoms with E-state index in [1.165, 1.54) is 65.3 Å². The molecule has 0 atom stereocenters. The van der Waals surface area contributed by atoms with Crippen molar-refractivity contribution >= 4 is 45.9 Å². The molecular weight excluding hydrogens is 691 g/mol. The van der Waals surface area contributed by atoms with Gasteiger partial charge in [0.25, 0.3) is 0 Å². The monoisotopic (exact) mass is 729 g/mol. The lowest BCUT2D eigenvalue weighted by Gasteiger charge is -2.33. The molecule has 0 saturated carbocycles. The average molecular weight is 730 g/mol. The van der Waals surface area contributed by atoms with Crippen LogP contribution in [0, 0.1) is 0 Å². The number of rotatable bonds is 8. The average Bonchev–Trinajstić information content (AvgIpc) is 3.60. The number of nitrogens with zero attached hydrogens (tertiary/aromatic N) is 1. The summed E-state index contributed by atoms with van der Waals surface area (Å²) in [5, 5.41) is 5.75. The second kappa shape index (κ2) is 14.3. The van der Waals surface area contributed by atoms with E-state index in [-0.39, 0.29) is 0 Å². The first-order valence-corrected chi connectivity index (χ1v) is 21.3. The van der Waals surface area contributed by atoms with Gasteiger partial charge in [0.1, 0.15) is 0 Å². The van der Waals surface area contributed by atoms with Crippen LogP contribution in [0.1, 0.15) is 0 Å². The molecular formula is C54H39NSi. The Hall–Kier alpha value is -7.00. The van der Waals surface area contributed by atoms with Crippen LogP contribution in [0.15, 0.2) is 237 Å². The van der Waals surface area contributed by atoms with E-state index < -0.39 is 8.07 Å². The van der Waals surface area contributed by atoms with Crippen molar-refractivity contribution in [3.05, 3.63) is 237 Å². The summed E-state index contributed by atoms with van der Waals surface area (Å²) >= 11 is 0. The molecule has 1 aliphatic heterocycles. The van der Waals surface area contributed by atoms with Crippen LogP contribution < -0.4 is 25.6 Å². The summed E-state index contributed by atoms with van der Waals surface area (Å²) in [6, 6.07) is 86.8. The van der Waals surface area contributed by atoms with Gasteiger partial charge in [-0.2, -0.15) is 0 Å². The summed E-state index contributed by atoms with van der Waals surface area (Å²) in [5.74, 6) is 0. The van der Waals surface area contributed by atoms with E-state index in [0.717, 1.165) is 17.1 Å². The topological polar surface area (TPSA) is 3.24 Å². The number of anilines is 3. The second-order valence-corrected chi connectivity index (χ2v) is 18.2. The Morgan fingerprint density at radius 3 is 1.18 bits per heavy atom. The van der Waals surface area contributed by atoms with Gasteiger partial charge in [-0.15, -0.1) is 0 Å². The maximum Gasteiger partial charge on any atom is 0.181 e. The zero-order valence-electron chi connectivity index (χ0n) is 31.0. The SMILES string of the molecule is c1ccc(-c2ccc(-c3ccc(N(c4ccccc4)c4ccc(-c5cccc6c5[Si](c5ccccc5)(c5ccccc5)c5ccccc5-6)cc4)cc3)cc2)cc1. The molecule has 0 spiro atoms. The van der Waals surface area contributed by atoms with Gasteiger partial charge in [0.05, 0.1) is 0 Å². The Morgan fingerprint density at radius 1 is 0.250 bits per heavy atom. The fourth-order valence-electron chi connectivity index (χ4n) is 8.85. The van der Waals surface area contributed by atoms with Crippen LogP contribution >= 0.6 is 0 Å². The Balaban J connectivity index is 1.05. The Morgan fingerprint density at radius 2 is 0.625 bits per heavy atom. The molecule has 10 rings (SSSR count). The first kappa shape index (κ1) is 33.6. The molecule has 0 radical (unpaired) electrons. The van der Waals surface area contributed by atoms with E-state index in [4.69, 9.17) is 0 Å². The molecule has 1 nitrogen and oxygen atoms in total. The summed E-state index contributed by atoms with van der Waals surface area (Å²) in [6.07, 6.45) is 0. The second-order valence-electron chi connectivity index (χ2n) is 14.5. The number of hydrogen-bond donors (Lipinski definition) is 0. The van der Waals surface area contributed by atoms with Crippen LogP contribution in [0.3, 0.4) is 0 Å². The van der Waals surface area contributed by atoms with Crippen LogP contribution in [0.25, 0.3) is 44.5 Å². The molecule has 0 aliphatic carbocycles. The lowest BCUT2D eigenvalue weighted by Crippen LogP contribution is -2.73. The Kier molecular flexibility index (Phi) is 8.59. The molecule has 0 N–H and O–H groups in total. The molecule has 2 heteroatoms. The molecule has 0 fully saturated rings. The number of benzene rings is 9.